The number of carbonyl (C=O) groups excluding carboxylic acids is 1. The number of halogens is 2. The number of nitrogens with zero attached hydrogens (tertiary/aromatic N) is 1. The van der Waals surface area contributed by atoms with E-state index in [1.807, 2.05) is 22.6 Å². The van der Waals surface area contributed by atoms with E-state index in [9.17, 15) is 23.9 Å². The summed E-state index contributed by atoms with van der Waals surface area (Å²) in [6.07, 6.45) is 0.665. The van der Waals surface area contributed by atoms with Crippen LogP contribution in [0.5, 0.6) is 11.5 Å². The molecule has 32 heavy (non-hydrogen) atoms. The van der Waals surface area contributed by atoms with Crippen LogP contribution < -0.4 is 20.9 Å². The van der Waals surface area contributed by atoms with Crippen molar-refractivity contribution >= 4 is 51.7 Å². The number of fused-ring (bicyclic) bond motifs is 1. The Morgan fingerprint density at radius 3 is 2.69 bits per heavy atom. The van der Waals surface area contributed by atoms with Crippen LogP contribution in [-0.2, 0) is 18.3 Å². The molecule has 0 unspecified atom stereocenters. The number of anilines is 3. The van der Waals surface area contributed by atoms with E-state index in [2.05, 4.69) is 10.6 Å². The van der Waals surface area contributed by atoms with Gasteiger partial charge in [0.05, 0.1) is 5.69 Å². The average molecular weight is 549 g/mol. The standard InChI is InChI=1S/C22H17FIN3O5/c1-27-19(29)10-17(32-16-4-2-3-14-12(16)6-8-18(28)25-14)20(22(30)31)21(27)26-15-7-5-11(24)9-13(15)23/h2-5,7,9-10,26H,6,8H2,1H3,(H,25,28)(H,30,31). The van der Waals surface area contributed by atoms with Crippen molar-refractivity contribution < 1.29 is 23.8 Å². The van der Waals surface area contributed by atoms with E-state index in [-0.39, 0.29) is 35.1 Å². The fourth-order valence-corrected chi connectivity index (χ4v) is 3.89. The first-order valence-electron chi connectivity index (χ1n) is 9.53. The fraction of sp³-hybridized carbons (Fsp3) is 0.136. The van der Waals surface area contributed by atoms with E-state index < -0.39 is 17.3 Å². The third-order valence-corrected chi connectivity index (χ3v) is 5.70. The molecule has 1 aliphatic heterocycles. The van der Waals surface area contributed by atoms with Gasteiger partial charge in [-0.3, -0.25) is 14.2 Å². The van der Waals surface area contributed by atoms with Crippen molar-refractivity contribution in [2.45, 2.75) is 12.8 Å². The molecule has 0 fully saturated rings. The predicted molar refractivity (Wildman–Crippen MR) is 125 cm³/mol. The number of carbonyl (C=O) groups is 2. The lowest BCUT2D eigenvalue weighted by atomic mass is 10.0. The Kier molecular flexibility index (Phi) is 5.87. The maximum absolute atomic E-state index is 14.4. The molecule has 1 aromatic heterocycles. The van der Waals surface area contributed by atoms with Gasteiger partial charge in [0.1, 0.15) is 22.9 Å². The highest BCUT2D eigenvalue weighted by Gasteiger charge is 2.25. The Bertz CT molecular complexity index is 1320. The lowest BCUT2D eigenvalue weighted by Gasteiger charge is -2.21. The Labute approximate surface area is 195 Å². The molecule has 0 bridgehead atoms. The zero-order chi connectivity index (χ0) is 23.0. The van der Waals surface area contributed by atoms with Gasteiger partial charge >= 0.3 is 5.97 Å². The Hall–Kier alpha value is -3.41. The summed E-state index contributed by atoms with van der Waals surface area (Å²) in [6, 6.07) is 10.5. The van der Waals surface area contributed by atoms with Crippen molar-refractivity contribution in [2.24, 2.45) is 7.05 Å². The second-order valence-corrected chi connectivity index (χ2v) is 8.36. The molecule has 8 nitrogen and oxygen atoms in total. The molecule has 3 N–H and O–H groups in total. The monoisotopic (exact) mass is 549 g/mol. The smallest absolute Gasteiger partial charge is 0.343 e. The molecular formula is C22H17FIN3O5. The summed E-state index contributed by atoms with van der Waals surface area (Å²) in [7, 11) is 1.38. The minimum absolute atomic E-state index is 0.0138. The molecule has 4 rings (SSSR count). The number of aromatic carboxylic acids is 1. The normalized spacial score (nSPS) is 12.7. The van der Waals surface area contributed by atoms with E-state index in [0.29, 0.717) is 27.0 Å². The molecule has 10 heteroatoms. The summed E-state index contributed by atoms with van der Waals surface area (Å²) in [6.45, 7) is 0. The number of pyridine rings is 1. The minimum atomic E-state index is -1.36. The van der Waals surface area contributed by atoms with Crippen LogP contribution in [0.3, 0.4) is 0 Å². The van der Waals surface area contributed by atoms with Gasteiger partial charge in [-0.05, 0) is 59.3 Å². The van der Waals surface area contributed by atoms with Crippen LogP contribution in [0.1, 0.15) is 22.3 Å². The topological polar surface area (TPSA) is 110 Å². The van der Waals surface area contributed by atoms with Gasteiger partial charge in [0.15, 0.2) is 5.75 Å². The molecule has 0 saturated heterocycles. The highest BCUT2D eigenvalue weighted by molar-refractivity contribution is 14.1. The first-order chi connectivity index (χ1) is 15.2. The zero-order valence-electron chi connectivity index (χ0n) is 16.7. The van der Waals surface area contributed by atoms with Gasteiger partial charge in [-0.25, -0.2) is 9.18 Å². The summed E-state index contributed by atoms with van der Waals surface area (Å²) in [5, 5.41) is 15.4. The summed E-state index contributed by atoms with van der Waals surface area (Å²) in [4.78, 5) is 36.4. The van der Waals surface area contributed by atoms with E-state index in [0.717, 1.165) is 10.6 Å². The number of nitrogens with one attached hydrogen (secondary N) is 2. The molecule has 1 amide bonds. The van der Waals surface area contributed by atoms with Gasteiger partial charge in [-0.15, -0.1) is 0 Å². The molecule has 0 aliphatic carbocycles. The number of hydrogen-bond donors (Lipinski definition) is 3. The van der Waals surface area contributed by atoms with Crippen molar-refractivity contribution in [1.29, 1.82) is 0 Å². The number of hydrogen-bond acceptors (Lipinski definition) is 5. The van der Waals surface area contributed by atoms with Gasteiger partial charge in [-0.2, -0.15) is 0 Å². The molecule has 2 heterocycles. The summed E-state index contributed by atoms with van der Waals surface area (Å²) >= 11 is 1.96. The van der Waals surface area contributed by atoms with Crippen LogP contribution in [0.15, 0.2) is 47.3 Å². The number of carboxylic acids is 1. The third kappa shape index (κ3) is 4.17. The third-order valence-electron chi connectivity index (χ3n) is 5.03. The lowest BCUT2D eigenvalue weighted by molar-refractivity contribution is -0.116. The van der Waals surface area contributed by atoms with Crippen molar-refractivity contribution in [2.75, 3.05) is 10.6 Å². The summed E-state index contributed by atoms with van der Waals surface area (Å²) in [5.41, 5.74) is 0.403. The van der Waals surface area contributed by atoms with Crippen LogP contribution in [0.25, 0.3) is 0 Å². The lowest BCUT2D eigenvalue weighted by Crippen LogP contribution is -2.23. The minimum Gasteiger partial charge on any atom is -0.477 e. The van der Waals surface area contributed by atoms with Crippen molar-refractivity contribution in [3.63, 3.8) is 0 Å². The first kappa shape index (κ1) is 21.8. The van der Waals surface area contributed by atoms with Crippen LogP contribution >= 0.6 is 22.6 Å². The number of amides is 1. The average Bonchev–Trinajstić information content (AvgIpc) is 2.73. The summed E-state index contributed by atoms with van der Waals surface area (Å²) < 4.78 is 22.0. The zero-order valence-corrected chi connectivity index (χ0v) is 18.9. The van der Waals surface area contributed by atoms with Crippen LogP contribution in [-0.4, -0.2) is 21.6 Å². The van der Waals surface area contributed by atoms with Crippen molar-refractivity contribution in [1.82, 2.24) is 4.57 Å². The van der Waals surface area contributed by atoms with Crippen molar-refractivity contribution in [3.8, 4) is 11.5 Å². The van der Waals surface area contributed by atoms with E-state index in [1.54, 1.807) is 24.3 Å². The van der Waals surface area contributed by atoms with Gasteiger partial charge in [-0.1, -0.05) is 6.07 Å². The highest BCUT2D eigenvalue weighted by atomic mass is 127. The molecule has 0 radical (unpaired) electrons. The van der Waals surface area contributed by atoms with Gasteiger partial charge < -0.3 is 20.5 Å². The number of carboxylic acid groups (broad SMARTS) is 1. The van der Waals surface area contributed by atoms with E-state index in [4.69, 9.17) is 4.74 Å². The SMILES string of the molecule is Cn1c(Nc2ccc(I)cc2F)c(C(=O)O)c(Oc2cccc3c2CCC(=O)N3)cc1=O. The molecule has 2 aromatic carbocycles. The second-order valence-electron chi connectivity index (χ2n) is 7.12. The molecule has 0 saturated carbocycles. The Morgan fingerprint density at radius 2 is 1.97 bits per heavy atom. The summed E-state index contributed by atoms with van der Waals surface area (Å²) in [5.74, 6) is -2.08. The molecule has 1 aliphatic rings. The van der Waals surface area contributed by atoms with Crippen LogP contribution in [0.2, 0.25) is 0 Å². The number of ether oxygens (including phenoxy) is 1. The van der Waals surface area contributed by atoms with Gasteiger partial charge in [0.2, 0.25) is 5.91 Å². The molecular weight excluding hydrogens is 532 g/mol. The van der Waals surface area contributed by atoms with Crippen LogP contribution in [0, 0.1) is 9.39 Å². The fourth-order valence-electron chi connectivity index (χ4n) is 3.43. The molecule has 3 aromatic rings. The van der Waals surface area contributed by atoms with Gasteiger partial charge in [0.25, 0.3) is 5.56 Å². The maximum atomic E-state index is 14.4. The Morgan fingerprint density at radius 1 is 1.19 bits per heavy atom. The quantitative estimate of drug-likeness (QED) is 0.411. The number of rotatable bonds is 5. The van der Waals surface area contributed by atoms with Crippen molar-refractivity contribution in [3.05, 3.63) is 73.3 Å². The molecule has 0 atom stereocenters. The second kappa shape index (κ2) is 8.61. The van der Waals surface area contributed by atoms with Gasteiger partial charge in [0, 0.05) is 34.4 Å². The predicted octanol–water partition coefficient (Wildman–Crippen LogP) is 4.25. The Balaban J connectivity index is 1.82. The molecule has 0 spiro atoms. The highest BCUT2D eigenvalue weighted by Crippen LogP contribution is 2.37. The van der Waals surface area contributed by atoms with Crippen LogP contribution in [0.4, 0.5) is 21.6 Å². The number of aromatic nitrogens is 1. The first-order valence-corrected chi connectivity index (χ1v) is 10.6. The molecule has 164 valence electrons. The number of benzene rings is 2. The largest absolute Gasteiger partial charge is 0.477 e. The van der Waals surface area contributed by atoms with E-state index in [1.165, 1.54) is 19.2 Å². The maximum Gasteiger partial charge on any atom is 0.343 e. The van der Waals surface area contributed by atoms with E-state index >= 15 is 0 Å².